The van der Waals surface area contributed by atoms with Crippen LogP contribution >= 0.6 is 0 Å². The summed E-state index contributed by atoms with van der Waals surface area (Å²) >= 11 is 0. The number of nitrogens with two attached hydrogens (primary N) is 1. The maximum absolute atomic E-state index is 5.81. The fourth-order valence-electron chi connectivity index (χ4n) is 1.85. The monoisotopic (exact) mass is 250 g/mol. The SMILES string of the molecule is CC(C)OCCN(Cc1cccc(N)c1)C(C)C. The molecular weight excluding hydrogens is 224 g/mol. The molecule has 0 fully saturated rings. The zero-order valence-electron chi connectivity index (χ0n) is 12.0. The van der Waals surface area contributed by atoms with Gasteiger partial charge < -0.3 is 10.5 Å². The lowest BCUT2D eigenvalue weighted by molar-refractivity contribution is 0.0502. The van der Waals surface area contributed by atoms with Gasteiger partial charge in [0.05, 0.1) is 12.7 Å². The average molecular weight is 250 g/mol. The molecule has 1 aromatic carbocycles. The van der Waals surface area contributed by atoms with Crippen LogP contribution in [0.3, 0.4) is 0 Å². The molecule has 0 aliphatic heterocycles. The van der Waals surface area contributed by atoms with Crippen LogP contribution in [0.25, 0.3) is 0 Å². The van der Waals surface area contributed by atoms with Crippen LogP contribution < -0.4 is 5.73 Å². The van der Waals surface area contributed by atoms with Gasteiger partial charge in [-0.15, -0.1) is 0 Å². The molecule has 0 atom stereocenters. The molecule has 0 spiro atoms. The summed E-state index contributed by atoms with van der Waals surface area (Å²) < 4.78 is 5.62. The van der Waals surface area contributed by atoms with Gasteiger partial charge in [-0.05, 0) is 45.4 Å². The highest BCUT2D eigenvalue weighted by Gasteiger charge is 2.10. The van der Waals surface area contributed by atoms with Crippen molar-refractivity contribution in [3.63, 3.8) is 0 Å². The molecule has 102 valence electrons. The molecule has 0 amide bonds. The summed E-state index contributed by atoms with van der Waals surface area (Å²) in [5.74, 6) is 0. The third-order valence-electron chi connectivity index (χ3n) is 2.90. The normalized spacial score (nSPS) is 11.7. The number of nitrogen functional groups attached to an aromatic ring is 1. The predicted octanol–water partition coefficient (Wildman–Crippen LogP) is 2.90. The van der Waals surface area contributed by atoms with Crippen molar-refractivity contribution in [3.05, 3.63) is 29.8 Å². The highest BCUT2D eigenvalue weighted by atomic mass is 16.5. The van der Waals surface area contributed by atoms with Crippen LogP contribution in [0, 0.1) is 0 Å². The summed E-state index contributed by atoms with van der Waals surface area (Å²) in [5, 5.41) is 0. The number of nitrogens with zero attached hydrogens (tertiary/aromatic N) is 1. The maximum Gasteiger partial charge on any atom is 0.0597 e. The molecule has 0 bridgehead atoms. The van der Waals surface area contributed by atoms with Crippen molar-refractivity contribution in [2.24, 2.45) is 0 Å². The van der Waals surface area contributed by atoms with Crippen LogP contribution in [0.5, 0.6) is 0 Å². The van der Waals surface area contributed by atoms with Gasteiger partial charge in [-0.2, -0.15) is 0 Å². The summed E-state index contributed by atoms with van der Waals surface area (Å²) in [6, 6.07) is 8.59. The molecule has 1 aromatic rings. The van der Waals surface area contributed by atoms with Crippen LogP contribution in [0.15, 0.2) is 24.3 Å². The largest absolute Gasteiger partial charge is 0.399 e. The van der Waals surface area contributed by atoms with E-state index < -0.39 is 0 Å². The Morgan fingerprint density at radius 2 is 1.94 bits per heavy atom. The first-order chi connectivity index (χ1) is 8.49. The lowest BCUT2D eigenvalue weighted by Crippen LogP contribution is -2.34. The van der Waals surface area contributed by atoms with E-state index in [9.17, 15) is 0 Å². The first-order valence-electron chi connectivity index (χ1n) is 6.69. The van der Waals surface area contributed by atoms with E-state index in [0.29, 0.717) is 12.1 Å². The minimum absolute atomic E-state index is 0.298. The minimum atomic E-state index is 0.298. The van der Waals surface area contributed by atoms with E-state index in [-0.39, 0.29) is 0 Å². The van der Waals surface area contributed by atoms with E-state index in [0.717, 1.165) is 25.4 Å². The van der Waals surface area contributed by atoms with E-state index in [4.69, 9.17) is 10.5 Å². The number of hydrogen-bond acceptors (Lipinski definition) is 3. The number of ether oxygens (including phenoxy) is 1. The van der Waals surface area contributed by atoms with Crippen molar-refractivity contribution < 1.29 is 4.74 Å². The van der Waals surface area contributed by atoms with Crippen LogP contribution in [0.4, 0.5) is 5.69 Å². The second-order valence-corrected chi connectivity index (χ2v) is 5.23. The van der Waals surface area contributed by atoms with Crippen molar-refractivity contribution in [1.29, 1.82) is 0 Å². The molecule has 0 unspecified atom stereocenters. The Labute approximate surface area is 111 Å². The van der Waals surface area contributed by atoms with Crippen molar-refractivity contribution >= 4 is 5.69 Å². The summed E-state index contributed by atoms with van der Waals surface area (Å²) in [4.78, 5) is 2.40. The fraction of sp³-hybridized carbons (Fsp3) is 0.600. The minimum Gasteiger partial charge on any atom is -0.399 e. The Kier molecular flexibility index (Phi) is 6.16. The molecule has 1 rings (SSSR count). The standard InChI is InChI=1S/C15H26N2O/c1-12(2)17(8-9-18-13(3)4)11-14-6-5-7-15(16)10-14/h5-7,10,12-13H,8-9,11,16H2,1-4H3. The molecule has 0 aliphatic carbocycles. The van der Waals surface area contributed by atoms with E-state index in [2.05, 4.69) is 38.7 Å². The average Bonchev–Trinajstić information content (AvgIpc) is 2.27. The molecule has 0 radical (unpaired) electrons. The van der Waals surface area contributed by atoms with Gasteiger partial charge in [-0.1, -0.05) is 12.1 Å². The Morgan fingerprint density at radius 1 is 1.22 bits per heavy atom. The molecule has 18 heavy (non-hydrogen) atoms. The smallest absolute Gasteiger partial charge is 0.0597 e. The number of hydrogen-bond donors (Lipinski definition) is 1. The highest BCUT2D eigenvalue weighted by molar-refractivity contribution is 5.40. The quantitative estimate of drug-likeness (QED) is 0.756. The lowest BCUT2D eigenvalue weighted by Gasteiger charge is -2.27. The second-order valence-electron chi connectivity index (χ2n) is 5.23. The van der Waals surface area contributed by atoms with Gasteiger partial charge in [0.15, 0.2) is 0 Å². The van der Waals surface area contributed by atoms with Crippen LogP contribution in [0.2, 0.25) is 0 Å². The van der Waals surface area contributed by atoms with E-state index in [1.807, 2.05) is 18.2 Å². The van der Waals surface area contributed by atoms with Crippen molar-refractivity contribution in [1.82, 2.24) is 4.90 Å². The van der Waals surface area contributed by atoms with Crippen molar-refractivity contribution in [2.45, 2.75) is 46.4 Å². The molecule has 3 heteroatoms. The van der Waals surface area contributed by atoms with Gasteiger partial charge in [-0.3, -0.25) is 4.90 Å². The topological polar surface area (TPSA) is 38.5 Å². The van der Waals surface area contributed by atoms with Gasteiger partial charge >= 0.3 is 0 Å². The predicted molar refractivity (Wildman–Crippen MR) is 77.5 cm³/mol. The number of anilines is 1. The summed E-state index contributed by atoms with van der Waals surface area (Å²) in [6.45, 7) is 11.2. The molecular formula is C15H26N2O. The molecule has 0 saturated carbocycles. The van der Waals surface area contributed by atoms with Gasteiger partial charge in [-0.25, -0.2) is 0 Å². The van der Waals surface area contributed by atoms with Gasteiger partial charge in [0.2, 0.25) is 0 Å². The molecule has 0 aliphatic rings. The summed E-state index contributed by atoms with van der Waals surface area (Å²) in [6.07, 6.45) is 0.298. The number of rotatable bonds is 7. The zero-order valence-corrected chi connectivity index (χ0v) is 12.0. The fourth-order valence-corrected chi connectivity index (χ4v) is 1.85. The number of benzene rings is 1. The van der Waals surface area contributed by atoms with E-state index in [1.165, 1.54) is 5.56 Å². The first kappa shape index (κ1) is 15.0. The third-order valence-corrected chi connectivity index (χ3v) is 2.90. The Bertz CT molecular complexity index is 350. The van der Waals surface area contributed by atoms with E-state index in [1.54, 1.807) is 0 Å². The Hall–Kier alpha value is -1.06. The first-order valence-corrected chi connectivity index (χ1v) is 6.69. The molecule has 0 saturated heterocycles. The van der Waals surface area contributed by atoms with E-state index >= 15 is 0 Å². The molecule has 2 N–H and O–H groups in total. The highest BCUT2D eigenvalue weighted by Crippen LogP contribution is 2.11. The lowest BCUT2D eigenvalue weighted by atomic mass is 10.1. The second kappa shape index (κ2) is 7.39. The summed E-state index contributed by atoms with van der Waals surface area (Å²) in [5.41, 5.74) is 7.89. The maximum atomic E-state index is 5.81. The van der Waals surface area contributed by atoms with Gasteiger partial charge in [0.25, 0.3) is 0 Å². The Morgan fingerprint density at radius 3 is 2.50 bits per heavy atom. The van der Waals surface area contributed by atoms with Crippen LogP contribution in [-0.2, 0) is 11.3 Å². The zero-order chi connectivity index (χ0) is 13.5. The Balaban J connectivity index is 2.52. The molecule has 3 nitrogen and oxygen atoms in total. The van der Waals surface area contributed by atoms with Crippen molar-refractivity contribution in [3.8, 4) is 0 Å². The molecule has 0 aromatic heterocycles. The third kappa shape index (κ3) is 5.52. The summed E-state index contributed by atoms with van der Waals surface area (Å²) in [7, 11) is 0. The van der Waals surface area contributed by atoms with Crippen LogP contribution in [0.1, 0.15) is 33.3 Å². The van der Waals surface area contributed by atoms with Gasteiger partial charge in [0, 0.05) is 24.8 Å². The van der Waals surface area contributed by atoms with Gasteiger partial charge in [0.1, 0.15) is 0 Å². The van der Waals surface area contributed by atoms with Crippen molar-refractivity contribution in [2.75, 3.05) is 18.9 Å². The molecule has 0 heterocycles. The van der Waals surface area contributed by atoms with Crippen LogP contribution in [-0.4, -0.2) is 30.2 Å².